The molecule has 2 atom stereocenters. The van der Waals surface area contributed by atoms with E-state index in [-0.39, 0.29) is 43.6 Å². The van der Waals surface area contributed by atoms with E-state index in [0.29, 0.717) is 61.2 Å². The molecule has 3 N–H and O–H groups in total. The van der Waals surface area contributed by atoms with Crippen LogP contribution in [0.25, 0.3) is 0 Å². The Hall–Kier alpha value is -4.20. The third kappa shape index (κ3) is 8.04. The molecule has 0 aliphatic carbocycles. The van der Waals surface area contributed by atoms with E-state index >= 15 is 0 Å². The summed E-state index contributed by atoms with van der Waals surface area (Å²) >= 11 is 1.49. The molecule has 3 heterocycles. The monoisotopic (exact) mass is 623 g/mol. The minimum Gasteiger partial charge on any atom is -0.491 e. The van der Waals surface area contributed by atoms with Crippen LogP contribution in [-0.2, 0) is 16.1 Å². The Kier molecular flexibility index (Phi) is 10.3. The van der Waals surface area contributed by atoms with Crippen LogP contribution in [0.15, 0.2) is 42.5 Å². The minimum absolute atomic E-state index is 0.142. The van der Waals surface area contributed by atoms with E-state index < -0.39 is 6.10 Å². The van der Waals surface area contributed by atoms with Gasteiger partial charge in [0.1, 0.15) is 29.5 Å². The van der Waals surface area contributed by atoms with Crippen LogP contribution in [0.1, 0.15) is 42.7 Å². The summed E-state index contributed by atoms with van der Waals surface area (Å²) in [4.78, 5) is 46.2. The van der Waals surface area contributed by atoms with Gasteiger partial charge in [-0.3, -0.25) is 9.59 Å². The first kappa shape index (κ1) is 31.2. The molecule has 4 amide bonds. The first-order chi connectivity index (χ1) is 21.3. The highest BCUT2D eigenvalue weighted by atomic mass is 32.1. The Bertz CT molecular complexity index is 1500. The molecule has 2 aliphatic heterocycles. The van der Waals surface area contributed by atoms with Gasteiger partial charge in [0.25, 0.3) is 11.8 Å². The SMILES string of the molecule is COCCOc1cc2cc(c1)C(=O)NCCNC(=O)N[C@H]1CCN(C(=O)c3nc(C)sc3C)C[C@@H]1OCc1cccc(c1)O2. The molecule has 13 heteroatoms. The number of methoxy groups -OCH3 is 1. The third-order valence-corrected chi connectivity index (χ3v) is 8.15. The Morgan fingerprint density at radius 1 is 1.09 bits per heavy atom. The predicted octanol–water partition coefficient (Wildman–Crippen LogP) is 3.42. The average Bonchev–Trinajstić information content (AvgIpc) is 3.35. The number of rotatable bonds is 5. The number of benzene rings is 2. The van der Waals surface area contributed by atoms with Gasteiger partial charge in [-0.05, 0) is 50.1 Å². The van der Waals surface area contributed by atoms with Crippen LogP contribution < -0.4 is 25.4 Å². The summed E-state index contributed by atoms with van der Waals surface area (Å²) < 4.78 is 23.4. The number of thiazole rings is 1. The lowest BCUT2D eigenvalue weighted by Crippen LogP contribution is -2.58. The van der Waals surface area contributed by atoms with Crippen molar-refractivity contribution in [3.63, 3.8) is 0 Å². The number of fused-ring (bicyclic) bond motifs is 5. The Morgan fingerprint density at radius 3 is 2.73 bits per heavy atom. The smallest absolute Gasteiger partial charge is 0.315 e. The summed E-state index contributed by atoms with van der Waals surface area (Å²) in [5.74, 6) is 0.964. The molecule has 1 aromatic heterocycles. The van der Waals surface area contributed by atoms with E-state index in [2.05, 4.69) is 20.9 Å². The molecule has 0 saturated carbocycles. The lowest BCUT2D eigenvalue weighted by molar-refractivity contribution is -0.0236. The number of aromatic nitrogens is 1. The molecule has 12 nitrogen and oxygen atoms in total. The van der Waals surface area contributed by atoms with Gasteiger partial charge in [0.2, 0.25) is 0 Å². The second-order valence-corrected chi connectivity index (χ2v) is 12.0. The lowest BCUT2D eigenvalue weighted by Gasteiger charge is -2.38. The van der Waals surface area contributed by atoms with Crippen molar-refractivity contribution >= 4 is 29.2 Å². The van der Waals surface area contributed by atoms with Gasteiger partial charge in [0, 0.05) is 49.8 Å². The van der Waals surface area contributed by atoms with Crippen LogP contribution in [0.3, 0.4) is 0 Å². The van der Waals surface area contributed by atoms with Crippen molar-refractivity contribution in [2.45, 2.75) is 39.0 Å². The van der Waals surface area contributed by atoms with Crippen molar-refractivity contribution in [3.05, 3.63) is 69.2 Å². The van der Waals surface area contributed by atoms with Gasteiger partial charge in [0.05, 0.1) is 30.4 Å². The molecule has 1 fully saturated rings. The third-order valence-electron chi connectivity index (χ3n) is 7.26. The van der Waals surface area contributed by atoms with Crippen molar-refractivity contribution in [1.29, 1.82) is 0 Å². The summed E-state index contributed by atoms with van der Waals surface area (Å²) in [6.07, 6.45) is 0.0418. The second kappa shape index (κ2) is 14.5. The standard InChI is InChI=1S/C31H37N5O7S/c1-19-28(34-20(2)44-19)30(38)36-10-7-26-27(17-36)42-18-21-5-4-6-23(13-21)43-25-15-22(14-24(16-25)41-12-11-40-3)29(37)32-8-9-33-31(39)35-26/h4-6,13-16,26-27H,7-12,17-18H2,1-3H3,(H,32,37)(H2,33,35,39)/t26-,27-/m0/s1. The van der Waals surface area contributed by atoms with Crippen LogP contribution in [0.4, 0.5) is 4.79 Å². The molecule has 2 aromatic carbocycles. The van der Waals surface area contributed by atoms with Crippen molar-refractivity contribution in [3.8, 4) is 17.2 Å². The number of ether oxygens (including phenoxy) is 4. The van der Waals surface area contributed by atoms with Gasteiger partial charge >= 0.3 is 6.03 Å². The number of hydrogen-bond acceptors (Lipinski definition) is 9. The van der Waals surface area contributed by atoms with E-state index in [4.69, 9.17) is 18.9 Å². The largest absolute Gasteiger partial charge is 0.491 e. The Labute approximate surface area is 260 Å². The van der Waals surface area contributed by atoms with Gasteiger partial charge in [-0.25, -0.2) is 9.78 Å². The van der Waals surface area contributed by atoms with Crippen molar-refractivity contribution in [2.75, 3.05) is 46.5 Å². The number of likely N-dealkylation sites (tertiary alicyclic amines) is 1. The second-order valence-electron chi connectivity index (χ2n) is 10.6. The summed E-state index contributed by atoms with van der Waals surface area (Å²) in [5, 5.41) is 9.46. The summed E-state index contributed by atoms with van der Waals surface area (Å²) in [6.45, 7) is 5.87. The van der Waals surface area contributed by atoms with E-state index in [1.807, 2.05) is 38.1 Å². The highest BCUT2D eigenvalue weighted by Gasteiger charge is 2.35. The number of aryl methyl sites for hydroxylation is 2. The molecule has 0 unspecified atom stereocenters. The number of nitrogens with one attached hydrogen (secondary N) is 3. The fourth-order valence-corrected chi connectivity index (χ4v) is 5.92. The van der Waals surface area contributed by atoms with E-state index in [9.17, 15) is 14.4 Å². The summed E-state index contributed by atoms with van der Waals surface area (Å²) in [5.41, 5.74) is 1.65. The van der Waals surface area contributed by atoms with Crippen LogP contribution >= 0.6 is 11.3 Å². The molecule has 0 radical (unpaired) electrons. The first-order valence-electron chi connectivity index (χ1n) is 14.5. The number of carbonyl (C=O) groups is 3. The molecule has 5 rings (SSSR count). The predicted molar refractivity (Wildman–Crippen MR) is 164 cm³/mol. The Morgan fingerprint density at radius 2 is 1.93 bits per heavy atom. The first-order valence-corrected chi connectivity index (χ1v) is 15.3. The van der Waals surface area contributed by atoms with E-state index in [0.717, 1.165) is 15.4 Å². The zero-order valence-corrected chi connectivity index (χ0v) is 25.8. The topological polar surface area (TPSA) is 140 Å². The number of urea groups is 1. The fourth-order valence-electron chi connectivity index (χ4n) is 5.11. The normalized spacial score (nSPS) is 19.3. The molecule has 2 aliphatic rings. The average molecular weight is 624 g/mol. The van der Waals surface area contributed by atoms with Crippen molar-refractivity contribution < 1.29 is 33.3 Å². The van der Waals surface area contributed by atoms with Gasteiger partial charge in [-0.2, -0.15) is 0 Å². The molecule has 44 heavy (non-hydrogen) atoms. The van der Waals surface area contributed by atoms with Crippen molar-refractivity contribution in [2.24, 2.45) is 0 Å². The van der Waals surface area contributed by atoms with Crippen LogP contribution in [0.5, 0.6) is 17.2 Å². The maximum absolute atomic E-state index is 13.4. The number of piperidine rings is 1. The van der Waals surface area contributed by atoms with E-state index in [1.54, 1.807) is 30.2 Å². The highest BCUT2D eigenvalue weighted by molar-refractivity contribution is 7.11. The zero-order chi connectivity index (χ0) is 31.1. The molecule has 234 valence electrons. The molecule has 3 aromatic rings. The summed E-state index contributed by atoms with van der Waals surface area (Å²) in [7, 11) is 1.58. The number of amides is 4. The Balaban J connectivity index is 1.37. The number of hydrogen-bond donors (Lipinski definition) is 3. The zero-order valence-electron chi connectivity index (χ0n) is 25.0. The van der Waals surface area contributed by atoms with Gasteiger partial charge in [0.15, 0.2) is 0 Å². The van der Waals surface area contributed by atoms with Crippen LogP contribution in [0.2, 0.25) is 0 Å². The minimum atomic E-state index is -0.467. The van der Waals surface area contributed by atoms with Gasteiger partial charge in [-0.15, -0.1) is 11.3 Å². The summed E-state index contributed by atoms with van der Waals surface area (Å²) in [6, 6.07) is 11.7. The van der Waals surface area contributed by atoms with Crippen molar-refractivity contribution in [1.82, 2.24) is 25.8 Å². The molecule has 1 saturated heterocycles. The molecular formula is C31H37N5O7S. The molecule has 4 bridgehead atoms. The van der Waals surface area contributed by atoms with E-state index in [1.165, 1.54) is 11.3 Å². The molecule has 0 spiro atoms. The van der Waals surface area contributed by atoms with Crippen LogP contribution in [0, 0.1) is 13.8 Å². The maximum Gasteiger partial charge on any atom is 0.315 e. The quantitative estimate of drug-likeness (QED) is 0.368. The van der Waals surface area contributed by atoms with Gasteiger partial charge < -0.3 is 39.8 Å². The lowest BCUT2D eigenvalue weighted by atomic mass is 10.0. The maximum atomic E-state index is 13.4. The number of nitrogens with zero attached hydrogens (tertiary/aromatic N) is 2. The molecular weight excluding hydrogens is 586 g/mol. The van der Waals surface area contributed by atoms with Gasteiger partial charge in [-0.1, -0.05) is 12.1 Å². The highest BCUT2D eigenvalue weighted by Crippen LogP contribution is 2.29. The number of carbonyl (C=O) groups excluding carboxylic acids is 3. The van der Waals surface area contributed by atoms with Crippen LogP contribution in [-0.4, -0.2) is 86.4 Å². The fraction of sp³-hybridized carbons (Fsp3) is 0.419.